The monoisotopic (exact) mass is 430 g/mol. The molecule has 0 aromatic rings. The van der Waals surface area contributed by atoms with Gasteiger partial charge in [-0.25, -0.2) is 0 Å². The van der Waals surface area contributed by atoms with Crippen LogP contribution in [-0.2, 0) is 19.0 Å². The Labute approximate surface area is 180 Å². The molecule has 0 spiro atoms. The molecule has 2 bridgehead atoms. The average molecular weight is 431 g/mol. The van der Waals surface area contributed by atoms with E-state index in [0.29, 0.717) is 18.1 Å². The third-order valence-electron chi connectivity index (χ3n) is 8.89. The van der Waals surface area contributed by atoms with Crippen LogP contribution < -0.4 is 0 Å². The van der Waals surface area contributed by atoms with E-state index in [9.17, 15) is 9.18 Å². The summed E-state index contributed by atoms with van der Waals surface area (Å²) in [5.74, 6) is 1.28. The third-order valence-corrected chi connectivity index (χ3v) is 10.3. The molecular formula is C23H39FO4S. The first-order chi connectivity index (χ1) is 13.7. The third kappa shape index (κ3) is 3.60. The van der Waals surface area contributed by atoms with Gasteiger partial charge in [0.2, 0.25) is 0 Å². The van der Waals surface area contributed by atoms with Crippen molar-refractivity contribution in [2.45, 2.75) is 76.8 Å². The summed E-state index contributed by atoms with van der Waals surface area (Å²) >= 11 is 1.47. The molecule has 8 atom stereocenters. The maximum atomic E-state index is 13.9. The summed E-state index contributed by atoms with van der Waals surface area (Å²) in [5, 5.41) is 0. The van der Waals surface area contributed by atoms with Crippen LogP contribution in [0.5, 0.6) is 0 Å². The maximum Gasteiger partial charge on any atom is 0.152 e. The zero-order valence-corrected chi connectivity index (χ0v) is 19.8. The average Bonchev–Trinajstić information content (AvgIpc) is 3.11. The molecule has 3 rings (SSSR count). The molecule has 3 saturated carbocycles. The fraction of sp³-hybridized carbons (Fsp3) is 0.957. The highest BCUT2D eigenvalue weighted by atomic mass is 32.2. The molecule has 3 aliphatic carbocycles. The van der Waals surface area contributed by atoms with E-state index >= 15 is 0 Å². The highest BCUT2D eigenvalue weighted by molar-refractivity contribution is 8.01. The lowest BCUT2D eigenvalue weighted by Crippen LogP contribution is -2.63. The minimum Gasteiger partial charge on any atom is -0.381 e. The number of methoxy groups -OCH3 is 2. The first-order valence-electron chi connectivity index (χ1n) is 11.1. The molecule has 29 heavy (non-hydrogen) atoms. The Morgan fingerprint density at radius 3 is 2.48 bits per heavy atom. The van der Waals surface area contributed by atoms with Crippen molar-refractivity contribution in [3.05, 3.63) is 0 Å². The largest absolute Gasteiger partial charge is 0.381 e. The molecule has 6 heteroatoms. The van der Waals surface area contributed by atoms with Crippen molar-refractivity contribution in [2.24, 2.45) is 28.6 Å². The molecule has 168 valence electrons. The van der Waals surface area contributed by atoms with Crippen LogP contribution in [0.2, 0.25) is 0 Å². The molecule has 0 aromatic carbocycles. The number of hydrogen-bond acceptors (Lipinski definition) is 5. The molecule has 0 saturated heterocycles. The topological polar surface area (TPSA) is 44.8 Å². The van der Waals surface area contributed by atoms with Gasteiger partial charge in [0, 0.05) is 31.3 Å². The standard InChI is InChI=1S/C23H39FO4S/c1-15-7-9-23-10-8-17(27-6)19(23)22(15,4)18(28-14-26-5)13-21(3,29-12-11-24)20(25)16(23)2/h15-19H,7-14H2,1-6H3/t15-,16+,17-,18-,19?,21-,22+,23?/m1/s1. The highest BCUT2D eigenvalue weighted by Gasteiger charge is 2.68. The molecule has 3 fully saturated rings. The zero-order valence-electron chi connectivity index (χ0n) is 19.0. The van der Waals surface area contributed by atoms with Crippen LogP contribution in [0.4, 0.5) is 4.39 Å². The van der Waals surface area contributed by atoms with Gasteiger partial charge in [-0.05, 0) is 56.3 Å². The van der Waals surface area contributed by atoms with E-state index in [-0.39, 0.29) is 47.4 Å². The van der Waals surface area contributed by atoms with Gasteiger partial charge in [-0.1, -0.05) is 20.8 Å². The summed E-state index contributed by atoms with van der Waals surface area (Å²) in [6, 6.07) is 0. The smallest absolute Gasteiger partial charge is 0.152 e. The maximum absolute atomic E-state index is 13.9. The second-order valence-electron chi connectivity index (χ2n) is 9.95. The van der Waals surface area contributed by atoms with Crippen LogP contribution in [0, 0.1) is 28.6 Å². The summed E-state index contributed by atoms with van der Waals surface area (Å²) in [6.07, 6.45) is 4.78. The molecule has 0 N–H and O–H groups in total. The van der Waals surface area contributed by atoms with Gasteiger partial charge < -0.3 is 14.2 Å². The normalized spacial score (nSPS) is 47.6. The van der Waals surface area contributed by atoms with Gasteiger partial charge in [-0.3, -0.25) is 9.18 Å². The molecule has 0 aliphatic heterocycles. The van der Waals surface area contributed by atoms with E-state index < -0.39 is 11.4 Å². The van der Waals surface area contributed by atoms with Gasteiger partial charge in [-0.2, -0.15) is 0 Å². The summed E-state index contributed by atoms with van der Waals surface area (Å²) < 4.78 is 30.1. The Balaban J connectivity index is 2.14. The molecule has 0 amide bonds. The number of rotatable bonds is 7. The van der Waals surface area contributed by atoms with Crippen molar-refractivity contribution in [3.8, 4) is 0 Å². The zero-order chi connectivity index (χ0) is 21.4. The van der Waals surface area contributed by atoms with Crippen molar-refractivity contribution in [1.29, 1.82) is 0 Å². The predicted molar refractivity (Wildman–Crippen MR) is 115 cm³/mol. The van der Waals surface area contributed by atoms with Crippen LogP contribution in [0.15, 0.2) is 0 Å². The van der Waals surface area contributed by atoms with Gasteiger partial charge in [0.05, 0.1) is 23.6 Å². The quantitative estimate of drug-likeness (QED) is 0.538. The van der Waals surface area contributed by atoms with Crippen molar-refractivity contribution < 1.29 is 23.4 Å². The Bertz CT molecular complexity index is 603. The Morgan fingerprint density at radius 2 is 1.86 bits per heavy atom. The van der Waals surface area contributed by atoms with Gasteiger partial charge in [0.25, 0.3) is 0 Å². The number of ether oxygens (including phenoxy) is 3. The molecule has 0 heterocycles. The summed E-state index contributed by atoms with van der Waals surface area (Å²) in [5.41, 5.74) is -0.188. The van der Waals surface area contributed by atoms with Crippen molar-refractivity contribution in [3.63, 3.8) is 0 Å². The Kier molecular flexibility index (Phi) is 7.09. The van der Waals surface area contributed by atoms with Crippen molar-refractivity contribution in [1.82, 2.24) is 0 Å². The van der Waals surface area contributed by atoms with Crippen LogP contribution in [-0.4, -0.2) is 56.2 Å². The molecule has 2 unspecified atom stereocenters. The minimum absolute atomic E-state index is 0.0556. The molecular weight excluding hydrogens is 391 g/mol. The van der Waals surface area contributed by atoms with Crippen LogP contribution in [0.3, 0.4) is 0 Å². The van der Waals surface area contributed by atoms with Gasteiger partial charge in [0.1, 0.15) is 6.79 Å². The first kappa shape index (κ1) is 23.5. The Hall–Kier alpha value is -0.170. The number of thioether (sulfide) groups is 1. The van der Waals surface area contributed by atoms with Crippen molar-refractivity contribution in [2.75, 3.05) is 33.4 Å². The SMILES string of the molecule is COCO[C@@H]1C[C@@](C)(SCCF)C(=O)[C@H](C)C23CC[C@@H](C)[C@]1(C)C2[C@H](OC)CC3. The van der Waals surface area contributed by atoms with Gasteiger partial charge in [-0.15, -0.1) is 11.8 Å². The second-order valence-corrected chi connectivity index (χ2v) is 11.5. The fourth-order valence-corrected chi connectivity index (χ4v) is 8.27. The van der Waals surface area contributed by atoms with E-state index in [4.69, 9.17) is 14.2 Å². The van der Waals surface area contributed by atoms with Gasteiger partial charge in [0.15, 0.2) is 5.78 Å². The lowest BCUT2D eigenvalue weighted by molar-refractivity contribution is -0.211. The highest BCUT2D eigenvalue weighted by Crippen LogP contribution is 2.68. The van der Waals surface area contributed by atoms with E-state index in [1.165, 1.54) is 11.8 Å². The van der Waals surface area contributed by atoms with E-state index in [1.54, 1.807) is 7.11 Å². The van der Waals surface area contributed by atoms with Crippen LogP contribution in [0.25, 0.3) is 0 Å². The molecule has 0 radical (unpaired) electrons. The van der Waals surface area contributed by atoms with E-state index in [0.717, 1.165) is 25.7 Å². The summed E-state index contributed by atoms with van der Waals surface area (Å²) in [6.45, 7) is 8.62. The fourth-order valence-electron chi connectivity index (χ4n) is 7.16. The van der Waals surface area contributed by atoms with Crippen molar-refractivity contribution >= 4 is 17.5 Å². The summed E-state index contributed by atoms with van der Waals surface area (Å²) in [7, 11) is 3.45. The lowest BCUT2D eigenvalue weighted by atomic mass is 9.45. The van der Waals surface area contributed by atoms with E-state index in [2.05, 4.69) is 20.8 Å². The molecule has 4 nitrogen and oxygen atoms in total. The van der Waals surface area contributed by atoms with Crippen LogP contribution in [0.1, 0.15) is 59.8 Å². The second kappa shape index (κ2) is 8.76. The number of carbonyl (C=O) groups excluding carboxylic acids is 1. The number of Topliss-reactive ketones (excluding diaryl/α,β-unsaturated/α-hetero) is 1. The lowest BCUT2D eigenvalue weighted by Gasteiger charge is -2.62. The number of alkyl halides is 1. The van der Waals surface area contributed by atoms with Crippen LogP contribution >= 0.6 is 11.8 Å². The number of ketones is 1. The van der Waals surface area contributed by atoms with Gasteiger partial charge >= 0.3 is 0 Å². The number of carbonyl (C=O) groups is 1. The molecule has 0 aromatic heterocycles. The van der Waals surface area contributed by atoms with E-state index in [1.807, 2.05) is 14.0 Å². The molecule has 3 aliphatic rings. The Morgan fingerprint density at radius 1 is 1.17 bits per heavy atom. The number of halogens is 1. The number of hydrogen-bond donors (Lipinski definition) is 0. The first-order valence-corrected chi connectivity index (χ1v) is 12.1. The predicted octanol–water partition coefficient (Wildman–Crippen LogP) is 4.89. The minimum atomic E-state index is -0.647. The summed E-state index contributed by atoms with van der Waals surface area (Å²) in [4.78, 5) is 13.9.